The standard InChI is InChI=1S/C13H11F2N3O2/c1-8-7-10(11(14)15)17-12(16-8)18-13(19)20-9-5-3-2-4-6-9/h2-7,11H,1H3,(H,16,17,18,19). The minimum absolute atomic E-state index is 0.221. The lowest BCUT2D eigenvalue weighted by Gasteiger charge is -2.07. The SMILES string of the molecule is Cc1cc(C(F)F)nc(NC(=O)Oc2ccccc2)n1. The van der Waals surface area contributed by atoms with Gasteiger partial charge in [0.05, 0.1) is 0 Å². The van der Waals surface area contributed by atoms with Crippen LogP contribution in [0, 0.1) is 6.92 Å². The number of ether oxygens (including phenoxy) is 1. The van der Waals surface area contributed by atoms with Crippen LogP contribution in [0.25, 0.3) is 0 Å². The normalized spacial score (nSPS) is 10.4. The number of hydrogen-bond donors (Lipinski definition) is 1. The predicted octanol–water partition coefficient (Wildman–Crippen LogP) is 3.33. The summed E-state index contributed by atoms with van der Waals surface area (Å²) in [5, 5.41) is 2.21. The average Bonchev–Trinajstić information content (AvgIpc) is 2.38. The molecule has 2 aromatic rings. The summed E-state index contributed by atoms with van der Waals surface area (Å²) in [6.07, 6.45) is -3.58. The highest BCUT2D eigenvalue weighted by Crippen LogP contribution is 2.18. The van der Waals surface area contributed by atoms with Gasteiger partial charge in [-0.05, 0) is 25.1 Å². The van der Waals surface area contributed by atoms with Crippen molar-refractivity contribution in [1.29, 1.82) is 0 Å². The Balaban J connectivity index is 2.08. The first kappa shape index (κ1) is 13.9. The molecule has 0 aliphatic rings. The molecule has 0 saturated heterocycles. The van der Waals surface area contributed by atoms with Gasteiger partial charge in [0.25, 0.3) is 6.43 Å². The third-order valence-corrected chi connectivity index (χ3v) is 2.27. The fourth-order valence-electron chi connectivity index (χ4n) is 1.47. The van der Waals surface area contributed by atoms with Gasteiger partial charge in [-0.15, -0.1) is 0 Å². The van der Waals surface area contributed by atoms with Crippen LogP contribution in [-0.4, -0.2) is 16.1 Å². The number of carbonyl (C=O) groups is 1. The maximum Gasteiger partial charge on any atom is 0.419 e. The molecule has 0 aliphatic carbocycles. The van der Waals surface area contributed by atoms with E-state index in [9.17, 15) is 13.6 Å². The molecule has 0 atom stereocenters. The zero-order valence-corrected chi connectivity index (χ0v) is 10.5. The van der Waals surface area contributed by atoms with E-state index < -0.39 is 18.2 Å². The summed E-state index contributed by atoms with van der Waals surface area (Å²) < 4.78 is 30.1. The van der Waals surface area contributed by atoms with Gasteiger partial charge in [0.15, 0.2) is 0 Å². The van der Waals surface area contributed by atoms with Crippen LogP contribution in [0.1, 0.15) is 17.8 Å². The molecule has 0 unspecified atom stereocenters. The monoisotopic (exact) mass is 279 g/mol. The Labute approximate surface area is 113 Å². The van der Waals surface area contributed by atoms with Gasteiger partial charge < -0.3 is 4.74 Å². The van der Waals surface area contributed by atoms with Gasteiger partial charge in [0.1, 0.15) is 11.4 Å². The Bertz CT molecular complexity index is 606. The largest absolute Gasteiger partial charge is 0.419 e. The van der Waals surface area contributed by atoms with Gasteiger partial charge in [0.2, 0.25) is 5.95 Å². The molecular weight excluding hydrogens is 268 g/mol. The molecular formula is C13H11F2N3O2. The number of nitrogens with one attached hydrogen (secondary N) is 1. The van der Waals surface area contributed by atoms with Crippen LogP contribution in [0.5, 0.6) is 5.75 Å². The Morgan fingerprint density at radius 1 is 1.25 bits per heavy atom. The molecule has 0 bridgehead atoms. The van der Waals surface area contributed by atoms with Crippen molar-refractivity contribution in [2.45, 2.75) is 13.3 Å². The minimum Gasteiger partial charge on any atom is -0.410 e. The Morgan fingerprint density at radius 2 is 1.95 bits per heavy atom. The van der Waals surface area contributed by atoms with Crippen LogP contribution >= 0.6 is 0 Å². The Morgan fingerprint density at radius 3 is 2.60 bits per heavy atom. The number of amides is 1. The van der Waals surface area contributed by atoms with Crippen LogP contribution < -0.4 is 10.1 Å². The number of nitrogens with zero attached hydrogens (tertiary/aromatic N) is 2. The second-order valence-corrected chi connectivity index (χ2v) is 3.89. The zero-order chi connectivity index (χ0) is 14.5. The number of anilines is 1. The molecule has 1 N–H and O–H groups in total. The zero-order valence-electron chi connectivity index (χ0n) is 10.5. The molecule has 2 rings (SSSR count). The number of benzene rings is 1. The summed E-state index contributed by atoms with van der Waals surface area (Å²) in [7, 11) is 0. The van der Waals surface area contributed by atoms with Gasteiger partial charge >= 0.3 is 6.09 Å². The predicted molar refractivity (Wildman–Crippen MR) is 67.8 cm³/mol. The number of aryl methyl sites for hydroxylation is 1. The second-order valence-electron chi connectivity index (χ2n) is 3.89. The number of halogens is 2. The van der Waals surface area contributed by atoms with Crippen molar-refractivity contribution in [2.75, 3.05) is 5.32 Å². The lowest BCUT2D eigenvalue weighted by Crippen LogP contribution is -2.19. The highest BCUT2D eigenvalue weighted by molar-refractivity contribution is 5.84. The molecule has 20 heavy (non-hydrogen) atoms. The van der Waals surface area contributed by atoms with E-state index >= 15 is 0 Å². The Kier molecular flexibility index (Phi) is 4.19. The van der Waals surface area contributed by atoms with E-state index in [0.29, 0.717) is 11.4 Å². The van der Waals surface area contributed by atoms with Crippen LogP contribution in [0.15, 0.2) is 36.4 Å². The van der Waals surface area contributed by atoms with E-state index in [1.165, 1.54) is 6.92 Å². The third kappa shape index (κ3) is 3.71. The van der Waals surface area contributed by atoms with Crippen LogP contribution in [0.2, 0.25) is 0 Å². The van der Waals surface area contributed by atoms with Crippen molar-refractivity contribution in [1.82, 2.24) is 9.97 Å². The number of hydrogen-bond acceptors (Lipinski definition) is 4. The summed E-state index contributed by atoms with van der Waals surface area (Å²) in [6, 6.07) is 9.48. The van der Waals surface area contributed by atoms with Crippen molar-refractivity contribution in [3.8, 4) is 5.75 Å². The van der Waals surface area contributed by atoms with Crippen LogP contribution in [0.3, 0.4) is 0 Å². The molecule has 5 nitrogen and oxygen atoms in total. The molecule has 0 fully saturated rings. The van der Waals surface area contributed by atoms with Crippen molar-refractivity contribution in [3.05, 3.63) is 47.8 Å². The van der Waals surface area contributed by atoms with E-state index in [-0.39, 0.29) is 5.95 Å². The van der Waals surface area contributed by atoms with E-state index in [0.717, 1.165) is 6.07 Å². The van der Waals surface area contributed by atoms with Crippen LogP contribution in [0.4, 0.5) is 19.5 Å². The molecule has 1 amide bonds. The number of para-hydroxylation sites is 1. The summed E-state index contributed by atoms with van der Waals surface area (Å²) in [5.74, 6) is 0.105. The molecule has 0 radical (unpaired) electrons. The fourth-order valence-corrected chi connectivity index (χ4v) is 1.47. The molecule has 1 aromatic carbocycles. The quantitative estimate of drug-likeness (QED) is 0.936. The highest BCUT2D eigenvalue weighted by Gasteiger charge is 2.13. The van der Waals surface area contributed by atoms with E-state index in [4.69, 9.17) is 4.74 Å². The maximum absolute atomic E-state index is 12.6. The molecule has 0 spiro atoms. The van der Waals surface area contributed by atoms with E-state index in [2.05, 4.69) is 15.3 Å². The minimum atomic E-state index is -2.73. The summed E-state index contributed by atoms with van der Waals surface area (Å²) in [4.78, 5) is 19.0. The van der Waals surface area contributed by atoms with Gasteiger partial charge in [-0.3, -0.25) is 5.32 Å². The van der Waals surface area contributed by atoms with Gasteiger partial charge in [0, 0.05) is 5.69 Å². The topological polar surface area (TPSA) is 64.1 Å². The molecule has 104 valence electrons. The van der Waals surface area contributed by atoms with E-state index in [1.807, 2.05) is 0 Å². The van der Waals surface area contributed by atoms with Crippen molar-refractivity contribution in [3.63, 3.8) is 0 Å². The number of aromatic nitrogens is 2. The summed E-state index contributed by atoms with van der Waals surface area (Å²) >= 11 is 0. The lowest BCUT2D eigenvalue weighted by molar-refractivity contribution is 0.146. The first-order valence-corrected chi connectivity index (χ1v) is 5.72. The molecule has 1 heterocycles. The molecule has 0 saturated carbocycles. The fraction of sp³-hybridized carbons (Fsp3) is 0.154. The maximum atomic E-state index is 12.6. The number of carbonyl (C=O) groups excluding carboxylic acids is 1. The third-order valence-electron chi connectivity index (χ3n) is 2.27. The molecule has 1 aromatic heterocycles. The Hall–Kier alpha value is -2.57. The van der Waals surface area contributed by atoms with Gasteiger partial charge in [-0.25, -0.2) is 23.5 Å². The van der Waals surface area contributed by atoms with Crippen molar-refractivity contribution >= 4 is 12.0 Å². The van der Waals surface area contributed by atoms with Gasteiger partial charge in [-0.1, -0.05) is 18.2 Å². The number of rotatable bonds is 3. The summed E-state index contributed by atoms with van der Waals surface area (Å²) in [5.41, 5.74) is -0.127. The smallest absolute Gasteiger partial charge is 0.410 e. The van der Waals surface area contributed by atoms with Crippen molar-refractivity contribution < 1.29 is 18.3 Å². The first-order chi connectivity index (χ1) is 9.54. The highest BCUT2D eigenvalue weighted by atomic mass is 19.3. The first-order valence-electron chi connectivity index (χ1n) is 5.72. The summed E-state index contributed by atoms with van der Waals surface area (Å²) in [6.45, 7) is 1.53. The van der Waals surface area contributed by atoms with Crippen LogP contribution in [-0.2, 0) is 0 Å². The second kappa shape index (κ2) is 6.05. The van der Waals surface area contributed by atoms with Gasteiger partial charge in [-0.2, -0.15) is 0 Å². The van der Waals surface area contributed by atoms with Crippen molar-refractivity contribution in [2.24, 2.45) is 0 Å². The lowest BCUT2D eigenvalue weighted by atomic mass is 10.3. The molecule has 0 aliphatic heterocycles. The number of alkyl halides is 2. The average molecular weight is 279 g/mol. The molecule has 7 heteroatoms. The van der Waals surface area contributed by atoms with E-state index in [1.54, 1.807) is 30.3 Å².